The Morgan fingerprint density at radius 1 is 1.30 bits per heavy atom. The van der Waals surface area contributed by atoms with Crippen LogP contribution in [0.3, 0.4) is 0 Å². The number of aliphatic hydroxyl groups excluding tert-OH is 1. The molecule has 1 rings (SSSR count). The van der Waals surface area contributed by atoms with Crippen LogP contribution in [0.25, 0.3) is 0 Å². The van der Waals surface area contributed by atoms with Crippen LogP contribution in [0.1, 0.15) is 33.6 Å². The zero-order valence-electron chi connectivity index (χ0n) is 7.17. The fourth-order valence-electron chi connectivity index (χ4n) is 1.82. The summed E-state index contributed by atoms with van der Waals surface area (Å²) in [6.45, 7) is 6.64. The SMILES string of the molecule is CC(C)[C@H]1C[C@@H](C)[C@H](O)C1. The molecule has 1 fully saturated rings. The lowest BCUT2D eigenvalue weighted by Crippen LogP contribution is -2.08. The van der Waals surface area contributed by atoms with Gasteiger partial charge in [0, 0.05) is 0 Å². The van der Waals surface area contributed by atoms with Crippen LogP contribution >= 0.6 is 0 Å². The smallest absolute Gasteiger partial charge is 0.0568 e. The average Bonchev–Trinajstić information content (AvgIpc) is 2.13. The van der Waals surface area contributed by atoms with E-state index in [1.807, 2.05) is 0 Å². The molecule has 0 heterocycles. The van der Waals surface area contributed by atoms with E-state index in [0.717, 1.165) is 18.3 Å². The van der Waals surface area contributed by atoms with Crippen molar-refractivity contribution in [2.45, 2.75) is 39.7 Å². The quantitative estimate of drug-likeness (QED) is 0.594. The molecule has 0 saturated heterocycles. The van der Waals surface area contributed by atoms with Gasteiger partial charge < -0.3 is 5.11 Å². The molecule has 0 aromatic carbocycles. The molecule has 60 valence electrons. The minimum atomic E-state index is -0.0209. The first-order chi connectivity index (χ1) is 4.61. The maximum Gasteiger partial charge on any atom is 0.0568 e. The van der Waals surface area contributed by atoms with Crippen LogP contribution in [-0.4, -0.2) is 11.2 Å². The standard InChI is InChI=1S/C9H18O/c1-6(2)8-4-7(3)9(10)5-8/h6-10H,4-5H2,1-3H3/t7-,8+,9-/m1/s1. The molecule has 0 bridgehead atoms. The van der Waals surface area contributed by atoms with Crippen LogP contribution in [-0.2, 0) is 0 Å². The summed E-state index contributed by atoms with van der Waals surface area (Å²) in [4.78, 5) is 0. The van der Waals surface area contributed by atoms with Crippen molar-refractivity contribution >= 4 is 0 Å². The highest BCUT2D eigenvalue weighted by Gasteiger charge is 2.30. The Morgan fingerprint density at radius 2 is 1.90 bits per heavy atom. The highest BCUT2D eigenvalue weighted by atomic mass is 16.3. The van der Waals surface area contributed by atoms with Crippen LogP contribution in [0.5, 0.6) is 0 Å². The van der Waals surface area contributed by atoms with E-state index in [9.17, 15) is 5.11 Å². The predicted octanol–water partition coefficient (Wildman–Crippen LogP) is 2.05. The molecule has 10 heavy (non-hydrogen) atoms. The van der Waals surface area contributed by atoms with Gasteiger partial charge in [0.2, 0.25) is 0 Å². The van der Waals surface area contributed by atoms with E-state index in [1.54, 1.807) is 0 Å². The summed E-state index contributed by atoms with van der Waals surface area (Å²) in [5.74, 6) is 2.05. The second-order valence-electron chi connectivity index (χ2n) is 4.02. The van der Waals surface area contributed by atoms with Crippen LogP contribution in [0, 0.1) is 17.8 Å². The first-order valence-electron chi connectivity index (χ1n) is 4.29. The van der Waals surface area contributed by atoms with Gasteiger partial charge >= 0.3 is 0 Å². The lowest BCUT2D eigenvalue weighted by Gasteiger charge is -2.12. The molecule has 0 aromatic heterocycles. The van der Waals surface area contributed by atoms with Crippen molar-refractivity contribution in [3.8, 4) is 0 Å². The Labute approximate surface area is 63.4 Å². The Morgan fingerprint density at radius 3 is 2.10 bits per heavy atom. The van der Waals surface area contributed by atoms with E-state index in [2.05, 4.69) is 20.8 Å². The van der Waals surface area contributed by atoms with Gasteiger partial charge in [-0.1, -0.05) is 20.8 Å². The Hall–Kier alpha value is -0.0400. The summed E-state index contributed by atoms with van der Waals surface area (Å²) in [6.07, 6.45) is 2.23. The van der Waals surface area contributed by atoms with Gasteiger partial charge in [0.05, 0.1) is 6.10 Å². The van der Waals surface area contributed by atoms with Gasteiger partial charge in [0.15, 0.2) is 0 Å². The topological polar surface area (TPSA) is 20.2 Å². The Balaban J connectivity index is 2.41. The number of rotatable bonds is 1. The van der Waals surface area contributed by atoms with Crippen molar-refractivity contribution in [1.82, 2.24) is 0 Å². The minimum absolute atomic E-state index is 0.0209. The molecule has 0 aromatic rings. The summed E-state index contributed by atoms with van der Waals surface area (Å²) < 4.78 is 0. The second kappa shape index (κ2) is 2.91. The Bertz CT molecular complexity index is 99.3. The zero-order chi connectivity index (χ0) is 7.72. The molecule has 0 spiro atoms. The Kier molecular flexibility index (Phi) is 2.35. The third-order valence-corrected chi connectivity index (χ3v) is 2.82. The summed E-state index contributed by atoms with van der Waals surface area (Å²) in [5.41, 5.74) is 0. The third kappa shape index (κ3) is 1.51. The molecular formula is C9H18O. The maximum absolute atomic E-state index is 9.42. The molecule has 0 amide bonds. The van der Waals surface area contributed by atoms with E-state index in [4.69, 9.17) is 0 Å². The second-order valence-corrected chi connectivity index (χ2v) is 4.02. The molecule has 1 nitrogen and oxygen atoms in total. The molecule has 0 aliphatic heterocycles. The summed E-state index contributed by atoms with van der Waals surface area (Å²) in [5, 5.41) is 9.42. The van der Waals surface area contributed by atoms with Gasteiger partial charge in [0.25, 0.3) is 0 Å². The van der Waals surface area contributed by atoms with Crippen LogP contribution in [0.2, 0.25) is 0 Å². The fraction of sp³-hybridized carbons (Fsp3) is 1.00. The highest BCUT2D eigenvalue weighted by Crippen LogP contribution is 2.35. The van der Waals surface area contributed by atoms with Crippen molar-refractivity contribution in [2.24, 2.45) is 17.8 Å². The van der Waals surface area contributed by atoms with Crippen LogP contribution in [0.4, 0.5) is 0 Å². The van der Waals surface area contributed by atoms with E-state index < -0.39 is 0 Å². The monoisotopic (exact) mass is 142 g/mol. The minimum Gasteiger partial charge on any atom is -0.393 e. The largest absolute Gasteiger partial charge is 0.393 e. The number of hydrogen-bond acceptors (Lipinski definition) is 1. The molecule has 1 saturated carbocycles. The van der Waals surface area contributed by atoms with Crippen LogP contribution < -0.4 is 0 Å². The van der Waals surface area contributed by atoms with Crippen molar-refractivity contribution in [1.29, 1.82) is 0 Å². The van der Waals surface area contributed by atoms with Gasteiger partial charge in [-0.2, -0.15) is 0 Å². The lowest BCUT2D eigenvalue weighted by atomic mass is 9.94. The maximum atomic E-state index is 9.42. The normalized spacial score (nSPS) is 41.1. The van der Waals surface area contributed by atoms with Gasteiger partial charge in [-0.05, 0) is 30.6 Å². The van der Waals surface area contributed by atoms with Gasteiger partial charge in [-0.15, -0.1) is 0 Å². The van der Waals surface area contributed by atoms with Gasteiger partial charge in [-0.3, -0.25) is 0 Å². The van der Waals surface area contributed by atoms with E-state index >= 15 is 0 Å². The number of hydrogen-bond donors (Lipinski definition) is 1. The molecular weight excluding hydrogens is 124 g/mol. The first-order valence-corrected chi connectivity index (χ1v) is 4.29. The van der Waals surface area contributed by atoms with Crippen molar-refractivity contribution in [2.75, 3.05) is 0 Å². The predicted molar refractivity (Wildman–Crippen MR) is 42.7 cm³/mol. The summed E-state index contributed by atoms with van der Waals surface area (Å²) in [7, 11) is 0. The van der Waals surface area contributed by atoms with E-state index in [0.29, 0.717) is 5.92 Å². The highest BCUT2D eigenvalue weighted by molar-refractivity contribution is 4.81. The molecule has 1 N–H and O–H groups in total. The van der Waals surface area contributed by atoms with Gasteiger partial charge in [0.1, 0.15) is 0 Å². The molecule has 1 aliphatic rings. The zero-order valence-corrected chi connectivity index (χ0v) is 7.17. The fourth-order valence-corrected chi connectivity index (χ4v) is 1.82. The van der Waals surface area contributed by atoms with Crippen molar-refractivity contribution < 1.29 is 5.11 Å². The molecule has 1 aliphatic carbocycles. The third-order valence-electron chi connectivity index (χ3n) is 2.82. The van der Waals surface area contributed by atoms with Crippen molar-refractivity contribution in [3.05, 3.63) is 0 Å². The molecule has 0 radical (unpaired) electrons. The lowest BCUT2D eigenvalue weighted by molar-refractivity contribution is 0.137. The van der Waals surface area contributed by atoms with E-state index in [1.165, 1.54) is 6.42 Å². The van der Waals surface area contributed by atoms with Crippen molar-refractivity contribution in [3.63, 3.8) is 0 Å². The summed E-state index contributed by atoms with van der Waals surface area (Å²) >= 11 is 0. The average molecular weight is 142 g/mol. The van der Waals surface area contributed by atoms with Gasteiger partial charge in [-0.25, -0.2) is 0 Å². The molecule has 0 unspecified atom stereocenters. The van der Waals surface area contributed by atoms with E-state index in [-0.39, 0.29) is 6.10 Å². The molecule has 3 atom stereocenters. The van der Waals surface area contributed by atoms with Crippen LogP contribution in [0.15, 0.2) is 0 Å². The first kappa shape index (κ1) is 8.06. The number of aliphatic hydroxyl groups is 1. The summed E-state index contributed by atoms with van der Waals surface area (Å²) in [6, 6.07) is 0. The molecule has 1 heteroatoms.